The number of carbonyl (C=O) groups excluding carboxylic acids is 1. The van der Waals surface area contributed by atoms with E-state index in [-0.39, 0.29) is 17.8 Å². The van der Waals surface area contributed by atoms with Gasteiger partial charge in [-0.3, -0.25) is 4.79 Å². The molecule has 1 unspecified atom stereocenters. The number of nitrogen functional groups attached to an aromatic ring is 1. The zero-order chi connectivity index (χ0) is 23.4. The van der Waals surface area contributed by atoms with Crippen molar-refractivity contribution in [2.45, 2.75) is 43.9 Å². The first-order chi connectivity index (χ1) is 15.1. The molecule has 3 rings (SSSR count). The standard InChI is InChI=1S/C23H23F4N3O2/c24-17-8-10-18(11-9-17)30-21(28)19(15-29-30)20(31)12-14-22(32,23(25,26)27)13-4-7-16-5-2-1-3-6-16/h1-3,5-6,8-11,15,32H,4,7,12-14,28H2. The van der Waals surface area contributed by atoms with Gasteiger partial charge in [-0.1, -0.05) is 30.3 Å². The number of nitrogens with two attached hydrogens (primary N) is 1. The van der Waals surface area contributed by atoms with Gasteiger partial charge in [0.15, 0.2) is 11.4 Å². The Morgan fingerprint density at radius 3 is 2.31 bits per heavy atom. The summed E-state index contributed by atoms with van der Waals surface area (Å²) < 4.78 is 55.1. The van der Waals surface area contributed by atoms with Gasteiger partial charge in [0.1, 0.15) is 11.6 Å². The van der Waals surface area contributed by atoms with Gasteiger partial charge in [-0.2, -0.15) is 18.3 Å². The zero-order valence-electron chi connectivity index (χ0n) is 17.1. The first-order valence-corrected chi connectivity index (χ1v) is 10.1. The highest BCUT2D eigenvalue weighted by atomic mass is 19.4. The Hall–Kier alpha value is -3.20. The first-order valence-electron chi connectivity index (χ1n) is 10.1. The summed E-state index contributed by atoms with van der Waals surface area (Å²) in [4.78, 5) is 12.6. The minimum atomic E-state index is -4.88. The number of ketones is 1. The van der Waals surface area contributed by atoms with E-state index in [9.17, 15) is 27.5 Å². The van der Waals surface area contributed by atoms with Crippen molar-refractivity contribution in [1.29, 1.82) is 0 Å². The minimum Gasteiger partial charge on any atom is -0.383 e. The molecule has 0 fully saturated rings. The van der Waals surface area contributed by atoms with Gasteiger partial charge in [-0.25, -0.2) is 9.07 Å². The summed E-state index contributed by atoms with van der Waals surface area (Å²) in [6, 6.07) is 14.2. The summed E-state index contributed by atoms with van der Waals surface area (Å²) in [5, 5.41) is 14.3. The molecule has 3 N–H and O–H groups in total. The van der Waals surface area contributed by atoms with Gasteiger partial charge < -0.3 is 10.8 Å². The van der Waals surface area contributed by atoms with Crippen molar-refractivity contribution in [2.24, 2.45) is 0 Å². The fourth-order valence-electron chi connectivity index (χ4n) is 3.45. The Bertz CT molecular complexity index is 1050. The lowest BCUT2D eigenvalue weighted by atomic mass is 9.88. The van der Waals surface area contributed by atoms with Crippen molar-refractivity contribution < 1.29 is 27.5 Å². The molecule has 1 heterocycles. The number of anilines is 1. The van der Waals surface area contributed by atoms with E-state index < -0.39 is 42.6 Å². The van der Waals surface area contributed by atoms with E-state index in [1.165, 1.54) is 28.9 Å². The molecule has 2 aromatic carbocycles. The van der Waals surface area contributed by atoms with Gasteiger partial charge in [0.25, 0.3) is 0 Å². The molecule has 0 bridgehead atoms. The van der Waals surface area contributed by atoms with Crippen LogP contribution in [0, 0.1) is 5.82 Å². The minimum absolute atomic E-state index is 0.0527. The Morgan fingerprint density at radius 1 is 1.03 bits per heavy atom. The third-order valence-electron chi connectivity index (χ3n) is 5.37. The summed E-state index contributed by atoms with van der Waals surface area (Å²) >= 11 is 0. The van der Waals surface area contributed by atoms with Crippen molar-refractivity contribution in [3.8, 4) is 5.69 Å². The summed E-state index contributed by atoms with van der Waals surface area (Å²) in [5.74, 6) is -1.20. The number of aliphatic hydroxyl groups is 1. The second-order valence-electron chi connectivity index (χ2n) is 7.62. The van der Waals surface area contributed by atoms with Crippen molar-refractivity contribution in [3.63, 3.8) is 0 Å². The molecule has 0 spiro atoms. The van der Waals surface area contributed by atoms with E-state index in [0.29, 0.717) is 12.1 Å². The number of aryl methyl sites for hydroxylation is 1. The Kier molecular flexibility index (Phi) is 6.98. The van der Waals surface area contributed by atoms with Crippen molar-refractivity contribution in [3.05, 3.63) is 77.7 Å². The van der Waals surface area contributed by atoms with Gasteiger partial charge >= 0.3 is 6.18 Å². The lowest BCUT2D eigenvalue weighted by Crippen LogP contribution is -2.45. The highest BCUT2D eigenvalue weighted by Crippen LogP contribution is 2.38. The Balaban J connectivity index is 1.67. The smallest absolute Gasteiger partial charge is 0.383 e. The molecule has 1 atom stereocenters. The lowest BCUT2D eigenvalue weighted by molar-refractivity contribution is -0.264. The molecule has 5 nitrogen and oxygen atoms in total. The first kappa shape index (κ1) is 23.5. The van der Waals surface area contributed by atoms with Crippen LogP contribution >= 0.6 is 0 Å². The summed E-state index contributed by atoms with van der Waals surface area (Å²) in [6.07, 6.45) is -5.10. The van der Waals surface area contributed by atoms with Crippen molar-refractivity contribution in [2.75, 3.05) is 5.73 Å². The molecule has 1 aromatic heterocycles. The topological polar surface area (TPSA) is 81.1 Å². The van der Waals surface area contributed by atoms with Crippen LogP contribution in [0.1, 0.15) is 41.6 Å². The predicted octanol–water partition coefficient (Wildman–Crippen LogP) is 4.87. The maximum Gasteiger partial charge on any atom is 0.417 e. The monoisotopic (exact) mass is 449 g/mol. The zero-order valence-corrected chi connectivity index (χ0v) is 17.1. The number of carbonyl (C=O) groups is 1. The Labute approximate surface area is 182 Å². The molecule has 32 heavy (non-hydrogen) atoms. The molecule has 0 saturated heterocycles. The number of nitrogens with zero attached hydrogens (tertiary/aromatic N) is 2. The second kappa shape index (κ2) is 9.52. The third kappa shape index (κ3) is 5.34. The molecular formula is C23H23F4N3O2. The maximum atomic E-state index is 13.6. The average molecular weight is 449 g/mol. The Morgan fingerprint density at radius 2 is 1.69 bits per heavy atom. The van der Waals surface area contributed by atoms with Crippen LogP contribution in [-0.4, -0.2) is 32.4 Å². The van der Waals surface area contributed by atoms with Gasteiger partial charge in [0.05, 0.1) is 17.4 Å². The summed E-state index contributed by atoms with van der Waals surface area (Å²) in [5.41, 5.74) is 4.17. The molecule has 3 aromatic rings. The van der Waals surface area contributed by atoms with E-state index in [1.54, 1.807) is 24.3 Å². The summed E-state index contributed by atoms with van der Waals surface area (Å²) in [7, 11) is 0. The van der Waals surface area contributed by atoms with Crippen LogP contribution in [0.3, 0.4) is 0 Å². The number of hydrogen-bond acceptors (Lipinski definition) is 4. The number of hydrogen-bond donors (Lipinski definition) is 2. The largest absolute Gasteiger partial charge is 0.417 e. The van der Waals surface area contributed by atoms with Crippen molar-refractivity contribution in [1.82, 2.24) is 9.78 Å². The van der Waals surface area contributed by atoms with E-state index in [1.807, 2.05) is 6.07 Å². The van der Waals surface area contributed by atoms with Crippen LogP contribution in [0.15, 0.2) is 60.8 Å². The van der Waals surface area contributed by atoms with Crippen LogP contribution in [0.25, 0.3) is 5.69 Å². The summed E-state index contributed by atoms with van der Waals surface area (Å²) in [6.45, 7) is 0. The van der Waals surface area contributed by atoms with Crippen LogP contribution in [0.5, 0.6) is 0 Å². The van der Waals surface area contributed by atoms with Crippen molar-refractivity contribution >= 4 is 11.6 Å². The highest BCUT2D eigenvalue weighted by Gasteiger charge is 2.52. The van der Waals surface area contributed by atoms with Crippen LogP contribution < -0.4 is 5.73 Å². The number of Topliss-reactive ketones (excluding diaryl/α,β-unsaturated/α-hetero) is 1. The van der Waals surface area contributed by atoms with E-state index in [4.69, 9.17) is 5.73 Å². The molecule has 0 amide bonds. The molecule has 170 valence electrons. The predicted molar refractivity (Wildman–Crippen MR) is 112 cm³/mol. The molecule has 0 radical (unpaired) electrons. The SMILES string of the molecule is Nc1c(C(=O)CCC(O)(CCCc2ccccc2)C(F)(F)F)cnn1-c1ccc(F)cc1. The molecule has 0 saturated carbocycles. The van der Waals surface area contributed by atoms with Gasteiger partial charge in [0, 0.05) is 6.42 Å². The highest BCUT2D eigenvalue weighted by molar-refractivity contribution is 6.00. The number of halogens is 4. The quantitative estimate of drug-likeness (QED) is 0.361. The molecule has 0 aliphatic rings. The maximum absolute atomic E-state index is 13.6. The van der Waals surface area contributed by atoms with Gasteiger partial charge in [-0.05, 0) is 55.5 Å². The van der Waals surface area contributed by atoms with Crippen LogP contribution in [-0.2, 0) is 6.42 Å². The fourth-order valence-corrected chi connectivity index (χ4v) is 3.45. The third-order valence-corrected chi connectivity index (χ3v) is 5.37. The molecule has 0 aliphatic carbocycles. The number of alkyl halides is 3. The second-order valence-corrected chi connectivity index (χ2v) is 7.62. The van der Waals surface area contributed by atoms with Gasteiger partial charge in [0.2, 0.25) is 0 Å². The average Bonchev–Trinajstić information content (AvgIpc) is 3.14. The molecule has 0 aliphatic heterocycles. The van der Waals surface area contributed by atoms with Crippen LogP contribution in [0.4, 0.5) is 23.4 Å². The number of benzene rings is 2. The lowest BCUT2D eigenvalue weighted by Gasteiger charge is -2.30. The van der Waals surface area contributed by atoms with E-state index in [0.717, 1.165) is 11.8 Å². The van der Waals surface area contributed by atoms with E-state index >= 15 is 0 Å². The van der Waals surface area contributed by atoms with Gasteiger partial charge in [-0.15, -0.1) is 0 Å². The molecular weight excluding hydrogens is 426 g/mol. The number of aromatic nitrogens is 2. The van der Waals surface area contributed by atoms with Crippen LogP contribution in [0.2, 0.25) is 0 Å². The number of rotatable bonds is 9. The fraction of sp³-hybridized carbons (Fsp3) is 0.304. The van der Waals surface area contributed by atoms with E-state index in [2.05, 4.69) is 5.10 Å². The molecule has 9 heteroatoms. The normalized spacial score (nSPS) is 13.7.